The van der Waals surface area contributed by atoms with Crippen LogP contribution in [0.1, 0.15) is 38.7 Å². The summed E-state index contributed by atoms with van der Waals surface area (Å²) in [6, 6.07) is 7.99. The van der Waals surface area contributed by atoms with E-state index in [1.807, 2.05) is 18.2 Å². The molecule has 1 aliphatic carbocycles. The first kappa shape index (κ1) is 11.0. The van der Waals surface area contributed by atoms with Crippen LogP contribution in [0.25, 0.3) is 0 Å². The van der Waals surface area contributed by atoms with Crippen LogP contribution in [0.3, 0.4) is 0 Å². The number of hydrogen-bond acceptors (Lipinski definition) is 1. The smallest absolute Gasteiger partial charge is 0.0461 e. The third-order valence-corrected chi connectivity index (χ3v) is 4.16. The molecule has 1 atom stereocenters. The van der Waals surface area contributed by atoms with Crippen molar-refractivity contribution in [2.75, 3.05) is 0 Å². The molecule has 1 aromatic rings. The molecule has 15 heavy (non-hydrogen) atoms. The van der Waals surface area contributed by atoms with Gasteiger partial charge in [-0.1, -0.05) is 44.0 Å². The van der Waals surface area contributed by atoms with Gasteiger partial charge in [-0.25, -0.2) is 0 Å². The van der Waals surface area contributed by atoms with Crippen LogP contribution in [-0.4, -0.2) is 0 Å². The monoisotopic (exact) mass is 223 g/mol. The molecule has 0 bridgehead atoms. The van der Waals surface area contributed by atoms with Gasteiger partial charge in [0, 0.05) is 10.6 Å². The zero-order chi connectivity index (χ0) is 11.1. The lowest BCUT2D eigenvalue weighted by molar-refractivity contribution is 0.210. The topological polar surface area (TPSA) is 26.0 Å². The Hall–Kier alpha value is -0.530. The molecular weight excluding hydrogens is 206 g/mol. The van der Waals surface area contributed by atoms with E-state index in [4.69, 9.17) is 17.3 Å². The Bertz CT molecular complexity index is 373. The van der Waals surface area contributed by atoms with E-state index in [9.17, 15) is 0 Å². The summed E-state index contributed by atoms with van der Waals surface area (Å²) in [7, 11) is 0. The number of nitrogens with two attached hydrogens (primary N) is 1. The maximum atomic E-state index is 6.57. The number of hydrogen-bond donors (Lipinski definition) is 1. The Morgan fingerprint density at radius 2 is 2.00 bits per heavy atom. The highest BCUT2D eigenvalue weighted by Crippen LogP contribution is 2.50. The van der Waals surface area contributed by atoms with Crippen molar-refractivity contribution in [3.63, 3.8) is 0 Å². The Morgan fingerprint density at radius 3 is 2.53 bits per heavy atom. The maximum Gasteiger partial charge on any atom is 0.0461 e. The van der Waals surface area contributed by atoms with Gasteiger partial charge in [0.1, 0.15) is 0 Å². The standard InChI is InChI=1S/C13H18ClN/c1-12(2)7-4-8-13(12,15)10-5-3-6-11(14)9-10/h3,5-6,9H,4,7-8,15H2,1-2H3. The first-order valence-corrected chi connectivity index (χ1v) is 5.88. The molecule has 0 spiro atoms. The van der Waals surface area contributed by atoms with Crippen LogP contribution in [0.5, 0.6) is 0 Å². The Labute approximate surface area is 96.6 Å². The van der Waals surface area contributed by atoms with Crippen molar-refractivity contribution in [1.82, 2.24) is 0 Å². The second kappa shape index (κ2) is 3.50. The lowest BCUT2D eigenvalue weighted by Gasteiger charge is -2.38. The zero-order valence-corrected chi connectivity index (χ0v) is 10.1. The molecule has 1 aliphatic rings. The van der Waals surface area contributed by atoms with Gasteiger partial charge in [0.05, 0.1) is 0 Å². The van der Waals surface area contributed by atoms with Crippen LogP contribution >= 0.6 is 11.6 Å². The molecule has 0 radical (unpaired) electrons. The highest BCUT2D eigenvalue weighted by molar-refractivity contribution is 6.30. The number of halogens is 1. The number of benzene rings is 1. The summed E-state index contributed by atoms with van der Waals surface area (Å²) in [6.07, 6.45) is 3.45. The van der Waals surface area contributed by atoms with Gasteiger partial charge in [-0.2, -0.15) is 0 Å². The van der Waals surface area contributed by atoms with Crippen molar-refractivity contribution < 1.29 is 0 Å². The molecule has 1 aromatic carbocycles. The Kier molecular flexibility index (Phi) is 2.56. The van der Waals surface area contributed by atoms with E-state index >= 15 is 0 Å². The Morgan fingerprint density at radius 1 is 1.27 bits per heavy atom. The second-order valence-electron chi connectivity index (χ2n) is 5.22. The zero-order valence-electron chi connectivity index (χ0n) is 9.39. The fraction of sp³-hybridized carbons (Fsp3) is 0.538. The summed E-state index contributed by atoms with van der Waals surface area (Å²) in [5.41, 5.74) is 7.70. The van der Waals surface area contributed by atoms with Crippen molar-refractivity contribution in [2.24, 2.45) is 11.1 Å². The summed E-state index contributed by atoms with van der Waals surface area (Å²) in [5.74, 6) is 0. The van der Waals surface area contributed by atoms with Crippen molar-refractivity contribution in [3.05, 3.63) is 34.9 Å². The SMILES string of the molecule is CC1(C)CCCC1(N)c1cccc(Cl)c1. The van der Waals surface area contributed by atoms with E-state index in [1.54, 1.807) is 0 Å². The molecule has 1 fully saturated rings. The fourth-order valence-corrected chi connectivity index (χ4v) is 2.86. The molecule has 0 aliphatic heterocycles. The quantitative estimate of drug-likeness (QED) is 0.772. The van der Waals surface area contributed by atoms with E-state index in [1.165, 1.54) is 18.4 Å². The molecule has 82 valence electrons. The van der Waals surface area contributed by atoms with Crippen LogP contribution in [0.15, 0.2) is 24.3 Å². The van der Waals surface area contributed by atoms with E-state index in [0.717, 1.165) is 11.4 Å². The van der Waals surface area contributed by atoms with Crippen molar-refractivity contribution in [2.45, 2.75) is 38.6 Å². The van der Waals surface area contributed by atoms with Gasteiger partial charge in [0.2, 0.25) is 0 Å². The lowest BCUT2D eigenvalue weighted by atomic mass is 9.71. The first-order valence-electron chi connectivity index (χ1n) is 5.51. The predicted octanol–water partition coefficient (Wildman–Crippen LogP) is 3.70. The molecule has 1 unspecified atom stereocenters. The summed E-state index contributed by atoms with van der Waals surface area (Å²) in [5, 5.41) is 0.778. The largest absolute Gasteiger partial charge is 0.321 e. The number of rotatable bonds is 1. The molecule has 0 heterocycles. The second-order valence-corrected chi connectivity index (χ2v) is 5.66. The molecule has 0 aromatic heterocycles. The summed E-state index contributed by atoms with van der Waals surface area (Å²) < 4.78 is 0. The molecular formula is C13H18ClN. The van der Waals surface area contributed by atoms with E-state index in [-0.39, 0.29) is 11.0 Å². The summed E-state index contributed by atoms with van der Waals surface area (Å²) in [4.78, 5) is 0. The van der Waals surface area contributed by atoms with E-state index in [2.05, 4.69) is 19.9 Å². The van der Waals surface area contributed by atoms with Gasteiger partial charge in [-0.15, -0.1) is 0 Å². The van der Waals surface area contributed by atoms with Crippen LogP contribution in [0.2, 0.25) is 5.02 Å². The molecule has 0 amide bonds. The maximum absolute atomic E-state index is 6.57. The summed E-state index contributed by atoms with van der Waals surface area (Å²) >= 11 is 6.02. The van der Waals surface area contributed by atoms with Crippen molar-refractivity contribution in [1.29, 1.82) is 0 Å². The summed E-state index contributed by atoms with van der Waals surface area (Å²) in [6.45, 7) is 4.50. The lowest BCUT2D eigenvalue weighted by Crippen LogP contribution is -2.45. The van der Waals surface area contributed by atoms with Gasteiger partial charge in [-0.3, -0.25) is 0 Å². The highest BCUT2D eigenvalue weighted by atomic mass is 35.5. The van der Waals surface area contributed by atoms with E-state index < -0.39 is 0 Å². The third kappa shape index (κ3) is 1.68. The van der Waals surface area contributed by atoms with Gasteiger partial charge in [-0.05, 0) is 36.0 Å². The van der Waals surface area contributed by atoms with Gasteiger partial charge in [0.15, 0.2) is 0 Å². The molecule has 2 rings (SSSR count). The highest BCUT2D eigenvalue weighted by Gasteiger charge is 2.46. The average Bonchev–Trinajstić information content (AvgIpc) is 2.43. The molecule has 1 nitrogen and oxygen atoms in total. The molecule has 2 N–H and O–H groups in total. The minimum atomic E-state index is -0.210. The van der Waals surface area contributed by atoms with Crippen LogP contribution in [0.4, 0.5) is 0 Å². The molecule has 2 heteroatoms. The van der Waals surface area contributed by atoms with Crippen LogP contribution in [-0.2, 0) is 5.54 Å². The Balaban J connectivity index is 2.45. The minimum Gasteiger partial charge on any atom is -0.321 e. The van der Waals surface area contributed by atoms with E-state index in [0.29, 0.717) is 0 Å². The van der Waals surface area contributed by atoms with Crippen LogP contribution < -0.4 is 5.73 Å². The van der Waals surface area contributed by atoms with Crippen LogP contribution in [0, 0.1) is 5.41 Å². The van der Waals surface area contributed by atoms with Crippen molar-refractivity contribution in [3.8, 4) is 0 Å². The van der Waals surface area contributed by atoms with Gasteiger partial charge in [0.25, 0.3) is 0 Å². The molecule has 0 saturated heterocycles. The molecule has 1 saturated carbocycles. The third-order valence-electron chi connectivity index (χ3n) is 3.92. The normalized spacial score (nSPS) is 29.3. The minimum absolute atomic E-state index is 0.164. The van der Waals surface area contributed by atoms with Crippen molar-refractivity contribution >= 4 is 11.6 Å². The van der Waals surface area contributed by atoms with Gasteiger partial charge >= 0.3 is 0 Å². The average molecular weight is 224 g/mol. The fourth-order valence-electron chi connectivity index (χ4n) is 2.67. The first-order chi connectivity index (χ1) is 6.96. The predicted molar refractivity (Wildman–Crippen MR) is 64.9 cm³/mol. The van der Waals surface area contributed by atoms with Gasteiger partial charge < -0.3 is 5.73 Å².